The van der Waals surface area contributed by atoms with Crippen LogP contribution in [0.1, 0.15) is 16.9 Å². The summed E-state index contributed by atoms with van der Waals surface area (Å²) in [4.78, 5) is 29.5. The Morgan fingerprint density at radius 1 is 1.48 bits per heavy atom. The van der Waals surface area contributed by atoms with Crippen LogP contribution in [0.25, 0.3) is 0 Å². The summed E-state index contributed by atoms with van der Waals surface area (Å²) in [5.41, 5.74) is 4.32. The Labute approximate surface area is 134 Å². The summed E-state index contributed by atoms with van der Waals surface area (Å²) >= 11 is 0. The van der Waals surface area contributed by atoms with Crippen LogP contribution in [-0.2, 0) is 9.53 Å². The average molecular weight is 322 g/mol. The molecule has 1 aromatic heterocycles. The zero-order valence-electron chi connectivity index (χ0n) is 12.9. The quantitative estimate of drug-likeness (QED) is 0.623. The third-order valence-electron chi connectivity index (χ3n) is 3.55. The van der Waals surface area contributed by atoms with Crippen molar-refractivity contribution < 1.29 is 19.4 Å². The van der Waals surface area contributed by atoms with E-state index in [0.29, 0.717) is 13.2 Å². The molecular weight excluding hydrogens is 300 g/mol. The number of hydrogen-bond acceptors (Lipinski definition) is 6. The first kappa shape index (κ1) is 17.3. The smallest absolute Gasteiger partial charge is 0.269 e. The molecule has 1 aliphatic rings. The molecule has 0 radical (unpaired) electrons. The second-order valence-electron chi connectivity index (χ2n) is 5.53. The van der Waals surface area contributed by atoms with Crippen LogP contribution in [0.3, 0.4) is 0 Å². The number of nitrogens with zero attached hydrogens (tertiary/aromatic N) is 2. The van der Waals surface area contributed by atoms with E-state index < -0.39 is 5.60 Å². The largest absolute Gasteiger partial charge is 0.384 e. The van der Waals surface area contributed by atoms with Gasteiger partial charge in [-0.05, 0) is 12.1 Å². The monoisotopic (exact) mass is 322 g/mol. The maximum Gasteiger partial charge on any atom is 0.269 e. The van der Waals surface area contributed by atoms with Gasteiger partial charge in [-0.25, -0.2) is 0 Å². The molecule has 1 fully saturated rings. The van der Waals surface area contributed by atoms with Crippen LogP contribution >= 0.6 is 0 Å². The molecule has 8 heteroatoms. The minimum absolute atomic E-state index is 0.0329. The maximum atomic E-state index is 12.0. The Morgan fingerprint density at radius 2 is 2.30 bits per heavy atom. The van der Waals surface area contributed by atoms with Crippen molar-refractivity contribution in [3.8, 4) is 0 Å². The Balaban J connectivity index is 1.96. The number of nitrogens with two attached hydrogens (primary N) is 1. The Kier molecular flexibility index (Phi) is 6.03. The van der Waals surface area contributed by atoms with Gasteiger partial charge < -0.3 is 25.8 Å². The van der Waals surface area contributed by atoms with Crippen LogP contribution in [0.4, 0.5) is 0 Å². The van der Waals surface area contributed by atoms with Gasteiger partial charge in [-0.3, -0.25) is 14.6 Å². The van der Waals surface area contributed by atoms with E-state index in [9.17, 15) is 14.7 Å². The molecule has 0 unspecified atom stereocenters. The fourth-order valence-corrected chi connectivity index (χ4v) is 2.35. The molecule has 23 heavy (non-hydrogen) atoms. The fraction of sp³-hybridized carbons (Fsp3) is 0.533. The van der Waals surface area contributed by atoms with Gasteiger partial charge in [0.15, 0.2) is 0 Å². The zero-order valence-corrected chi connectivity index (χ0v) is 12.9. The van der Waals surface area contributed by atoms with Gasteiger partial charge in [0.1, 0.15) is 11.3 Å². The van der Waals surface area contributed by atoms with Crippen LogP contribution in [0, 0.1) is 0 Å². The molecule has 0 bridgehead atoms. The van der Waals surface area contributed by atoms with Crippen molar-refractivity contribution in [2.75, 3.05) is 39.4 Å². The zero-order chi connectivity index (χ0) is 16.7. The van der Waals surface area contributed by atoms with E-state index in [2.05, 4.69) is 10.3 Å². The predicted octanol–water partition coefficient (Wildman–Crippen LogP) is -1.25. The molecule has 1 atom stereocenters. The minimum Gasteiger partial charge on any atom is -0.384 e. The first-order valence-corrected chi connectivity index (χ1v) is 7.51. The number of pyridine rings is 1. The number of hydrogen-bond donors (Lipinski definition) is 3. The van der Waals surface area contributed by atoms with Gasteiger partial charge in [0.2, 0.25) is 5.91 Å². The summed E-state index contributed by atoms with van der Waals surface area (Å²) in [7, 11) is 0. The van der Waals surface area contributed by atoms with Gasteiger partial charge >= 0.3 is 0 Å². The van der Waals surface area contributed by atoms with Crippen molar-refractivity contribution in [1.82, 2.24) is 15.2 Å². The Morgan fingerprint density at radius 3 is 3.00 bits per heavy atom. The molecule has 1 saturated heterocycles. The van der Waals surface area contributed by atoms with Crippen molar-refractivity contribution in [2.24, 2.45) is 5.73 Å². The van der Waals surface area contributed by atoms with Gasteiger partial charge in [0, 0.05) is 25.7 Å². The highest BCUT2D eigenvalue weighted by atomic mass is 16.5. The average Bonchev–Trinajstić information content (AvgIpc) is 2.76. The minimum atomic E-state index is -1.34. The van der Waals surface area contributed by atoms with E-state index in [1.54, 1.807) is 18.2 Å². The summed E-state index contributed by atoms with van der Waals surface area (Å²) in [6.45, 7) is 1.10. The molecule has 2 amide bonds. The number of β-amino-alcohol motifs (C(OH)–C–C–N with tert-alkyl or cyclic N) is 1. The number of aromatic nitrogens is 1. The van der Waals surface area contributed by atoms with Crippen molar-refractivity contribution in [2.45, 2.75) is 12.0 Å². The van der Waals surface area contributed by atoms with Crippen LogP contribution in [-0.4, -0.2) is 71.8 Å². The first-order valence-electron chi connectivity index (χ1n) is 7.51. The van der Waals surface area contributed by atoms with Crippen molar-refractivity contribution in [1.29, 1.82) is 0 Å². The van der Waals surface area contributed by atoms with Crippen molar-refractivity contribution in [3.63, 3.8) is 0 Å². The number of nitrogens with one attached hydrogen (secondary N) is 1. The van der Waals surface area contributed by atoms with E-state index in [0.717, 1.165) is 0 Å². The third kappa shape index (κ3) is 4.98. The van der Waals surface area contributed by atoms with Gasteiger partial charge in [0.25, 0.3) is 5.91 Å². The normalized spacial score (nSPS) is 21.6. The Bertz CT molecular complexity index is 540. The van der Waals surface area contributed by atoms with Crippen LogP contribution in [0.2, 0.25) is 0 Å². The van der Waals surface area contributed by atoms with Crippen molar-refractivity contribution in [3.05, 3.63) is 30.1 Å². The molecule has 0 saturated carbocycles. The fourth-order valence-electron chi connectivity index (χ4n) is 2.35. The Hall–Kier alpha value is -2.03. The molecule has 126 valence electrons. The lowest BCUT2D eigenvalue weighted by atomic mass is 10.0. The molecule has 1 aromatic rings. The lowest BCUT2D eigenvalue weighted by Crippen LogP contribution is -2.53. The number of amides is 2. The first-order chi connectivity index (χ1) is 11.0. The summed E-state index contributed by atoms with van der Waals surface area (Å²) in [6.07, 6.45) is 1.74. The standard InChI is InChI=1S/C15H22N4O4/c16-5-4-13(20)19-7-8-23-11-15(22,10-19)9-18-14(21)12-3-1-2-6-17-12/h1-3,6,22H,4-5,7-11,16H2,(H,18,21)/t15-/m1/s1. The second-order valence-corrected chi connectivity index (χ2v) is 5.53. The van der Waals surface area contributed by atoms with E-state index in [-0.39, 0.29) is 50.2 Å². The lowest BCUT2D eigenvalue weighted by Gasteiger charge is -2.30. The predicted molar refractivity (Wildman–Crippen MR) is 82.6 cm³/mol. The third-order valence-corrected chi connectivity index (χ3v) is 3.55. The molecule has 0 aromatic carbocycles. The highest BCUT2D eigenvalue weighted by molar-refractivity contribution is 5.92. The molecule has 0 spiro atoms. The molecule has 1 aliphatic heterocycles. The number of carbonyl (C=O) groups is 2. The number of rotatable bonds is 5. The maximum absolute atomic E-state index is 12.0. The summed E-state index contributed by atoms with van der Waals surface area (Å²) in [5, 5.41) is 13.3. The van der Waals surface area contributed by atoms with Crippen LogP contribution in [0.5, 0.6) is 0 Å². The lowest BCUT2D eigenvalue weighted by molar-refractivity contribution is -0.133. The highest BCUT2D eigenvalue weighted by Gasteiger charge is 2.34. The molecular formula is C15H22N4O4. The van der Waals surface area contributed by atoms with E-state index in [4.69, 9.17) is 10.5 Å². The van der Waals surface area contributed by atoms with Crippen LogP contribution < -0.4 is 11.1 Å². The van der Waals surface area contributed by atoms with Gasteiger partial charge in [-0.15, -0.1) is 0 Å². The second kappa shape index (κ2) is 8.00. The van der Waals surface area contributed by atoms with Gasteiger partial charge in [0.05, 0.1) is 26.3 Å². The van der Waals surface area contributed by atoms with Crippen molar-refractivity contribution >= 4 is 11.8 Å². The highest BCUT2D eigenvalue weighted by Crippen LogP contribution is 2.13. The molecule has 8 nitrogen and oxygen atoms in total. The van der Waals surface area contributed by atoms with E-state index in [1.165, 1.54) is 11.1 Å². The summed E-state index contributed by atoms with van der Waals surface area (Å²) in [5.74, 6) is -0.518. The van der Waals surface area contributed by atoms with Gasteiger partial charge in [-0.1, -0.05) is 6.07 Å². The van der Waals surface area contributed by atoms with E-state index in [1.807, 2.05) is 0 Å². The number of aliphatic hydroxyl groups is 1. The van der Waals surface area contributed by atoms with E-state index >= 15 is 0 Å². The van der Waals surface area contributed by atoms with Crippen LogP contribution in [0.15, 0.2) is 24.4 Å². The molecule has 0 aliphatic carbocycles. The summed E-state index contributed by atoms with van der Waals surface area (Å²) in [6, 6.07) is 5.00. The number of ether oxygens (including phenoxy) is 1. The number of carbonyl (C=O) groups excluding carboxylic acids is 2. The van der Waals surface area contributed by atoms with Gasteiger partial charge in [-0.2, -0.15) is 0 Å². The SMILES string of the molecule is NCCC(=O)N1CCOC[C@@](O)(CNC(=O)c2ccccn2)C1. The molecule has 2 rings (SSSR count). The molecule has 2 heterocycles. The topological polar surface area (TPSA) is 118 Å². The summed E-state index contributed by atoms with van der Waals surface area (Å²) < 4.78 is 5.36. The molecule has 4 N–H and O–H groups in total.